The third-order valence-electron chi connectivity index (χ3n) is 0.236. The fourth-order valence-corrected chi connectivity index (χ4v) is 3.18. The van der Waals surface area contributed by atoms with E-state index in [2.05, 4.69) is 12.5 Å². The Morgan fingerprint density at radius 2 is 1.60 bits per heavy atom. The standard InChI is InChI=1S/C2H8S2Si/c1-3-5-4-2/h5H2,1-2H3. The molecule has 0 heterocycles. The summed E-state index contributed by atoms with van der Waals surface area (Å²) in [5.74, 6) is 0. The Kier molecular flexibility index (Phi) is 5.82. The van der Waals surface area contributed by atoms with E-state index >= 15 is 0 Å². The van der Waals surface area contributed by atoms with Gasteiger partial charge in [-0.2, -0.15) is 22.4 Å². The van der Waals surface area contributed by atoms with E-state index in [1.54, 1.807) is 0 Å². The van der Waals surface area contributed by atoms with Crippen molar-refractivity contribution in [3.05, 3.63) is 0 Å². The van der Waals surface area contributed by atoms with Crippen LogP contribution in [0.5, 0.6) is 0 Å². The van der Waals surface area contributed by atoms with E-state index in [1.807, 2.05) is 22.4 Å². The second-order valence-corrected chi connectivity index (χ2v) is 8.38. The van der Waals surface area contributed by atoms with Crippen molar-refractivity contribution in [2.24, 2.45) is 0 Å². The van der Waals surface area contributed by atoms with Gasteiger partial charge in [-0.3, -0.25) is 0 Å². The number of hydrogen-bond donors (Lipinski definition) is 0. The Bertz CT molecular complexity index is 15.1. The van der Waals surface area contributed by atoms with Gasteiger partial charge in [-0.1, -0.05) is 0 Å². The number of hydrogen-bond acceptors (Lipinski definition) is 2. The van der Waals surface area contributed by atoms with Crippen LogP contribution in [0.1, 0.15) is 0 Å². The second-order valence-electron chi connectivity index (χ2n) is 0.695. The summed E-state index contributed by atoms with van der Waals surface area (Å²) in [5.41, 5.74) is 0. The van der Waals surface area contributed by atoms with Crippen molar-refractivity contribution in [3.8, 4) is 0 Å². The fourth-order valence-electron chi connectivity index (χ4n) is 0.118. The van der Waals surface area contributed by atoms with Crippen molar-refractivity contribution in [1.82, 2.24) is 0 Å². The van der Waals surface area contributed by atoms with E-state index in [0.29, 0.717) is 0 Å². The van der Waals surface area contributed by atoms with Gasteiger partial charge in [-0.05, 0) is 12.5 Å². The highest BCUT2D eigenvalue weighted by atomic mass is 32.6. The van der Waals surface area contributed by atoms with E-state index in [1.165, 1.54) is 0 Å². The van der Waals surface area contributed by atoms with Gasteiger partial charge in [0.05, 0.1) is 0 Å². The lowest BCUT2D eigenvalue weighted by atomic mass is 12.0. The van der Waals surface area contributed by atoms with E-state index in [4.69, 9.17) is 0 Å². The van der Waals surface area contributed by atoms with Gasteiger partial charge < -0.3 is 0 Å². The Labute approximate surface area is 43.2 Å². The van der Waals surface area contributed by atoms with Crippen LogP contribution in [0.15, 0.2) is 0 Å². The molecule has 0 aliphatic carbocycles. The first-order valence-corrected chi connectivity index (χ1v) is 7.65. The van der Waals surface area contributed by atoms with Gasteiger partial charge in [0.1, 0.15) is 7.82 Å². The quantitative estimate of drug-likeness (QED) is 0.497. The Morgan fingerprint density at radius 1 is 1.20 bits per heavy atom. The molecular formula is C2H8S2Si. The van der Waals surface area contributed by atoms with Crippen LogP contribution in [0, 0.1) is 0 Å². The van der Waals surface area contributed by atoms with Gasteiger partial charge in [0, 0.05) is 0 Å². The summed E-state index contributed by atoms with van der Waals surface area (Å²) >= 11 is 4.01. The zero-order valence-electron chi connectivity index (χ0n) is 3.52. The maximum atomic E-state index is 2.17. The van der Waals surface area contributed by atoms with Crippen LogP contribution >= 0.6 is 22.4 Å². The van der Waals surface area contributed by atoms with Crippen LogP contribution in [0.3, 0.4) is 0 Å². The molecule has 0 atom stereocenters. The maximum Gasteiger partial charge on any atom is 0.145 e. The minimum atomic E-state index is 0.265. The summed E-state index contributed by atoms with van der Waals surface area (Å²) in [6.45, 7) is 0. The molecule has 0 aromatic heterocycles. The lowest BCUT2D eigenvalue weighted by Gasteiger charge is -1.79. The van der Waals surface area contributed by atoms with Crippen LogP contribution in [-0.4, -0.2) is 20.3 Å². The highest BCUT2D eigenvalue weighted by molar-refractivity contribution is 8.50. The molecule has 5 heavy (non-hydrogen) atoms. The van der Waals surface area contributed by atoms with Crippen molar-refractivity contribution < 1.29 is 0 Å². The average Bonchev–Trinajstić information content (AvgIpc) is 1.41. The molecular weight excluding hydrogens is 116 g/mol. The van der Waals surface area contributed by atoms with Crippen molar-refractivity contribution in [2.75, 3.05) is 12.5 Å². The van der Waals surface area contributed by atoms with Crippen LogP contribution in [0.2, 0.25) is 0 Å². The molecule has 0 aliphatic rings. The van der Waals surface area contributed by atoms with E-state index in [-0.39, 0.29) is 7.82 Å². The first-order chi connectivity index (χ1) is 2.41. The van der Waals surface area contributed by atoms with Crippen LogP contribution in [-0.2, 0) is 0 Å². The summed E-state index contributed by atoms with van der Waals surface area (Å²) in [5, 5.41) is 0. The summed E-state index contributed by atoms with van der Waals surface area (Å²) in [4.78, 5) is 0. The topological polar surface area (TPSA) is 0 Å². The smallest absolute Gasteiger partial charge is 0.145 e. The molecule has 0 aliphatic heterocycles. The Hall–Kier alpha value is 0.917. The third-order valence-corrected chi connectivity index (χ3v) is 6.36. The van der Waals surface area contributed by atoms with Crippen molar-refractivity contribution >= 4 is 30.2 Å². The lowest BCUT2D eigenvalue weighted by Crippen LogP contribution is -1.64. The van der Waals surface area contributed by atoms with Crippen LogP contribution < -0.4 is 0 Å². The zero-order chi connectivity index (χ0) is 4.12. The Balaban J connectivity index is 2.19. The molecule has 0 spiro atoms. The first kappa shape index (κ1) is 5.92. The van der Waals surface area contributed by atoms with Crippen molar-refractivity contribution in [1.29, 1.82) is 0 Å². The van der Waals surface area contributed by atoms with Crippen molar-refractivity contribution in [3.63, 3.8) is 0 Å². The molecule has 0 fully saturated rings. The molecule has 0 radical (unpaired) electrons. The molecule has 3 heteroatoms. The first-order valence-electron chi connectivity index (χ1n) is 1.39. The predicted octanol–water partition coefficient (Wildman–Crippen LogP) is 0.711. The minimum Gasteiger partial charge on any atom is -0.184 e. The second kappa shape index (κ2) is 4.92. The van der Waals surface area contributed by atoms with Gasteiger partial charge in [-0.25, -0.2) is 0 Å². The maximum absolute atomic E-state index is 2.17. The molecule has 0 unspecified atom stereocenters. The highest BCUT2D eigenvalue weighted by Crippen LogP contribution is 1.96. The normalized spacial score (nSPS) is 8.40. The summed E-state index contributed by atoms with van der Waals surface area (Å²) < 4.78 is 0. The van der Waals surface area contributed by atoms with E-state index < -0.39 is 0 Å². The van der Waals surface area contributed by atoms with Gasteiger partial charge in [0.25, 0.3) is 0 Å². The lowest BCUT2D eigenvalue weighted by molar-refractivity contribution is 2.53. The SMILES string of the molecule is CS[SiH2]SC. The molecule has 0 aromatic carbocycles. The van der Waals surface area contributed by atoms with E-state index in [0.717, 1.165) is 0 Å². The minimum absolute atomic E-state index is 0.265. The summed E-state index contributed by atoms with van der Waals surface area (Å²) in [7, 11) is 0.265. The monoisotopic (exact) mass is 124 g/mol. The molecule has 0 amide bonds. The number of rotatable bonds is 2. The van der Waals surface area contributed by atoms with Gasteiger partial charge >= 0.3 is 0 Å². The fraction of sp³-hybridized carbons (Fsp3) is 1.00. The molecule has 0 rings (SSSR count). The average molecular weight is 124 g/mol. The summed E-state index contributed by atoms with van der Waals surface area (Å²) in [6, 6.07) is 0. The summed E-state index contributed by atoms with van der Waals surface area (Å²) in [6.07, 6.45) is 4.34. The van der Waals surface area contributed by atoms with Gasteiger partial charge in [0.15, 0.2) is 0 Å². The van der Waals surface area contributed by atoms with Crippen LogP contribution in [0.4, 0.5) is 0 Å². The Morgan fingerprint density at radius 3 is 1.60 bits per heavy atom. The zero-order valence-corrected chi connectivity index (χ0v) is 6.57. The largest absolute Gasteiger partial charge is 0.184 e. The van der Waals surface area contributed by atoms with Crippen LogP contribution in [0.25, 0.3) is 0 Å². The van der Waals surface area contributed by atoms with Gasteiger partial charge in [0.2, 0.25) is 0 Å². The highest BCUT2D eigenvalue weighted by Gasteiger charge is 1.69. The van der Waals surface area contributed by atoms with Gasteiger partial charge in [-0.15, -0.1) is 0 Å². The molecule has 0 nitrogen and oxygen atoms in total. The molecule has 32 valence electrons. The molecule has 0 N–H and O–H groups in total. The predicted molar refractivity (Wildman–Crippen MR) is 35.6 cm³/mol. The van der Waals surface area contributed by atoms with Crippen molar-refractivity contribution in [2.45, 2.75) is 0 Å². The molecule has 0 saturated carbocycles. The van der Waals surface area contributed by atoms with E-state index in [9.17, 15) is 0 Å². The molecule has 0 saturated heterocycles. The third kappa shape index (κ3) is 4.92. The molecule has 0 bridgehead atoms. The molecule has 0 aromatic rings.